The maximum Gasteiger partial charge on any atom is 0.0556 e. The fraction of sp³-hybridized carbons (Fsp3) is 0.600. The van der Waals surface area contributed by atoms with Gasteiger partial charge in [-0.3, -0.25) is 4.21 Å². The number of benzene rings is 1. The zero-order valence-electron chi connectivity index (χ0n) is 12.2. The van der Waals surface area contributed by atoms with E-state index in [0.29, 0.717) is 0 Å². The minimum absolute atomic E-state index is 0.730. The molecular formula is C15H26O2S2. The van der Waals surface area contributed by atoms with Crippen LogP contribution in [-0.2, 0) is 21.1 Å². The molecule has 0 atom stereocenters. The smallest absolute Gasteiger partial charge is 0.0556 e. The monoisotopic (exact) mass is 302 g/mol. The van der Waals surface area contributed by atoms with Crippen molar-refractivity contribution in [1.29, 1.82) is 0 Å². The lowest BCUT2D eigenvalue weighted by molar-refractivity contribution is 0.147. The van der Waals surface area contributed by atoms with Gasteiger partial charge in [-0.1, -0.05) is 29.0 Å². The predicted octanol–water partition coefficient (Wildman–Crippen LogP) is 3.02. The Hall–Kier alpha value is -0.320. The highest BCUT2D eigenvalue weighted by Gasteiger charge is 2.09. The van der Waals surface area contributed by atoms with Crippen LogP contribution in [0, 0.1) is 0 Å². The molecule has 0 aromatic heterocycles. The molecule has 0 N–H and O–H groups in total. The molecule has 0 saturated heterocycles. The first-order valence-electron chi connectivity index (χ1n) is 6.83. The largest absolute Gasteiger partial charge is 0.381 e. The molecule has 0 unspecified atom stereocenters. The second-order valence-electron chi connectivity index (χ2n) is 4.80. The lowest BCUT2D eigenvalue weighted by Crippen LogP contribution is -2.12. The van der Waals surface area contributed by atoms with Gasteiger partial charge in [-0.2, -0.15) is 11.8 Å². The van der Waals surface area contributed by atoms with Crippen molar-refractivity contribution in [2.75, 3.05) is 37.2 Å². The van der Waals surface area contributed by atoms with E-state index in [4.69, 9.17) is 4.74 Å². The summed E-state index contributed by atoms with van der Waals surface area (Å²) in [6.07, 6.45) is 5.98. The van der Waals surface area contributed by atoms with Crippen LogP contribution in [0.4, 0.5) is 0 Å². The molecule has 0 heterocycles. The molecule has 19 heavy (non-hydrogen) atoms. The molecule has 0 spiro atoms. The Balaban J connectivity index is 2.43. The average Bonchev–Trinajstić information content (AvgIpc) is 2.43. The van der Waals surface area contributed by atoms with E-state index in [1.165, 1.54) is 5.56 Å². The summed E-state index contributed by atoms with van der Waals surface area (Å²) in [5, 5.41) is 0. The Kier molecular flexibility index (Phi) is 7.73. The van der Waals surface area contributed by atoms with Crippen LogP contribution in [0.2, 0.25) is 0 Å². The number of aryl methyl sites for hydroxylation is 1. The van der Waals surface area contributed by atoms with Crippen LogP contribution < -0.4 is 0 Å². The highest BCUT2D eigenvalue weighted by molar-refractivity contribution is 8.02. The number of hydrogen-bond donors (Lipinski definition) is 1. The lowest BCUT2D eigenvalue weighted by Gasteiger charge is -2.17. The van der Waals surface area contributed by atoms with Gasteiger partial charge in [-0.15, -0.1) is 0 Å². The molecule has 0 bridgehead atoms. The van der Waals surface area contributed by atoms with Gasteiger partial charge in [-0.25, -0.2) is 0 Å². The van der Waals surface area contributed by atoms with Crippen molar-refractivity contribution in [2.45, 2.75) is 24.7 Å². The minimum Gasteiger partial charge on any atom is -0.381 e. The normalized spacial score (nSPS) is 12.6. The van der Waals surface area contributed by atoms with Crippen molar-refractivity contribution in [3.63, 3.8) is 0 Å². The summed E-state index contributed by atoms with van der Waals surface area (Å²) < 4.78 is 17.9. The highest BCUT2D eigenvalue weighted by Crippen LogP contribution is 2.18. The van der Waals surface area contributed by atoms with Crippen LogP contribution in [0.3, 0.4) is 0 Å². The van der Waals surface area contributed by atoms with Crippen LogP contribution in [0.15, 0.2) is 29.2 Å². The van der Waals surface area contributed by atoms with Gasteiger partial charge < -0.3 is 4.74 Å². The van der Waals surface area contributed by atoms with E-state index in [1.807, 2.05) is 37.1 Å². The Morgan fingerprint density at radius 1 is 1.32 bits per heavy atom. The molecule has 1 rings (SSSR count). The summed E-state index contributed by atoms with van der Waals surface area (Å²) in [6.45, 7) is 3.64. The topological polar surface area (TPSA) is 26.3 Å². The van der Waals surface area contributed by atoms with Crippen molar-refractivity contribution >= 4 is 21.7 Å². The Bertz CT molecular complexity index is 418. The van der Waals surface area contributed by atoms with Crippen LogP contribution in [0.5, 0.6) is 0 Å². The highest BCUT2D eigenvalue weighted by atomic mass is 32.2. The number of hydrogen-bond acceptors (Lipinski definition) is 3. The number of thioether (sulfide) groups is 1. The maximum atomic E-state index is 12.4. The van der Waals surface area contributed by atoms with E-state index < -0.39 is 9.93 Å². The van der Waals surface area contributed by atoms with E-state index in [2.05, 4.69) is 18.4 Å². The summed E-state index contributed by atoms with van der Waals surface area (Å²) in [4.78, 5) is 1.01. The quantitative estimate of drug-likeness (QED) is 0.561. The van der Waals surface area contributed by atoms with E-state index in [9.17, 15) is 4.21 Å². The van der Waals surface area contributed by atoms with Crippen molar-refractivity contribution in [3.05, 3.63) is 29.8 Å². The third kappa shape index (κ3) is 6.11. The van der Waals surface area contributed by atoms with Crippen molar-refractivity contribution in [2.24, 2.45) is 0 Å². The summed E-state index contributed by atoms with van der Waals surface area (Å²) in [5.41, 5.74) is 1.27. The number of ether oxygens (including phenoxy) is 1. The molecule has 0 aliphatic heterocycles. The average molecular weight is 303 g/mol. The van der Waals surface area contributed by atoms with Crippen molar-refractivity contribution in [1.82, 2.24) is 0 Å². The van der Waals surface area contributed by atoms with Gasteiger partial charge in [0, 0.05) is 23.0 Å². The molecule has 0 saturated carbocycles. The fourth-order valence-corrected chi connectivity index (χ4v) is 3.30. The van der Waals surface area contributed by atoms with Gasteiger partial charge in [-0.05, 0) is 43.0 Å². The fourth-order valence-electron chi connectivity index (χ4n) is 1.81. The summed E-state index contributed by atoms with van der Waals surface area (Å²) in [5.74, 6) is 1.79. The van der Waals surface area contributed by atoms with Crippen LogP contribution >= 0.6 is 11.8 Å². The molecule has 110 valence electrons. The number of thiol groups is 1. The predicted molar refractivity (Wildman–Crippen MR) is 88.2 cm³/mol. The summed E-state index contributed by atoms with van der Waals surface area (Å²) in [7, 11) is -2.14. The van der Waals surface area contributed by atoms with Gasteiger partial charge in [0.15, 0.2) is 0 Å². The second-order valence-corrected chi connectivity index (χ2v) is 9.13. The standard InChI is InChI=1S/C15H26O2S2/c1-4-19(3,16)15-9-5-7-14(13-15)8-6-10-17-11-12-18-2/h5,7,9,13,19H,4,6,8,10-12H2,1-3H3. The second kappa shape index (κ2) is 8.77. The van der Waals surface area contributed by atoms with E-state index in [0.717, 1.165) is 42.5 Å². The SMILES string of the molecule is CC[SH](C)(=O)c1cccc(CCCOCCSC)c1. The van der Waals surface area contributed by atoms with E-state index in [-0.39, 0.29) is 0 Å². The first-order chi connectivity index (χ1) is 9.10. The molecule has 0 aliphatic rings. The molecule has 0 radical (unpaired) electrons. The van der Waals surface area contributed by atoms with Gasteiger partial charge in [0.05, 0.1) is 6.61 Å². The first kappa shape index (κ1) is 16.7. The zero-order chi connectivity index (χ0) is 14.1. The van der Waals surface area contributed by atoms with Crippen molar-refractivity contribution < 1.29 is 8.95 Å². The third-order valence-corrected chi connectivity index (χ3v) is 6.40. The Labute approximate surface area is 122 Å². The molecule has 0 amide bonds. The summed E-state index contributed by atoms with van der Waals surface area (Å²) >= 11 is 1.81. The number of rotatable bonds is 9. The maximum absolute atomic E-state index is 12.4. The Morgan fingerprint density at radius 2 is 2.11 bits per heavy atom. The molecule has 0 fully saturated rings. The molecule has 1 aromatic carbocycles. The molecular weight excluding hydrogens is 276 g/mol. The van der Waals surface area contributed by atoms with Crippen LogP contribution in [0.25, 0.3) is 0 Å². The Morgan fingerprint density at radius 3 is 2.79 bits per heavy atom. The van der Waals surface area contributed by atoms with Crippen molar-refractivity contribution in [3.8, 4) is 0 Å². The summed E-state index contributed by atoms with van der Waals surface area (Å²) in [6, 6.07) is 8.22. The van der Waals surface area contributed by atoms with E-state index >= 15 is 0 Å². The third-order valence-electron chi connectivity index (χ3n) is 3.25. The first-order valence-corrected chi connectivity index (χ1v) is 10.6. The lowest BCUT2D eigenvalue weighted by atomic mass is 10.1. The molecule has 2 nitrogen and oxygen atoms in total. The van der Waals surface area contributed by atoms with Gasteiger partial charge >= 0.3 is 0 Å². The minimum atomic E-state index is -2.14. The van der Waals surface area contributed by atoms with Gasteiger partial charge in [0.25, 0.3) is 0 Å². The molecule has 1 aromatic rings. The molecule has 0 aliphatic carbocycles. The van der Waals surface area contributed by atoms with Crippen LogP contribution in [-0.4, -0.2) is 41.4 Å². The van der Waals surface area contributed by atoms with E-state index in [1.54, 1.807) is 0 Å². The van der Waals surface area contributed by atoms with Gasteiger partial charge in [0.2, 0.25) is 0 Å². The zero-order valence-corrected chi connectivity index (χ0v) is 13.9. The molecule has 4 heteroatoms. The van der Waals surface area contributed by atoms with Gasteiger partial charge in [0.1, 0.15) is 0 Å². The van der Waals surface area contributed by atoms with Crippen LogP contribution in [0.1, 0.15) is 18.9 Å².